The molecule has 2 fully saturated rings. The Kier molecular flexibility index (Phi) is 4.48. The Hall–Kier alpha value is -1.09. The molecule has 0 bridgehead atoms. The van der Waals surface area contributed by atoms with E-state index in [1.54, 1.807) is 6.07 Å². The molecule has 21 heavy (non-hydrogen) atoms. The van der Waals surface area contributed by atoms with Crippen LogP contribution >= 0.6 is 0 Å². The molecule has 3 unspecified atom stereocenters. The van der Waals surface area contributed by atoms with E-state index in [4.69, 9.17) is 5.73 Å². The molecule has 1 aliphatic carbocycles. The van der Waals surface area contributed by atoms with Crippen molar-refractivity contribution >= 4 is 5.69 Å². The van der Waals surface area contributed by atoms with Crippen LogP contribution < -0.4 is 10.6 Å². The fraction of sp³-hybridized carbons (Fsp3) is 0.667. The summed E-state index contributed by atoms with van der Waals surface area (Å²) < 4.78 is 14.4. The van der Waals surface area contributed by atoms with E-state index < -0.39 is 0 Å². The second kappa shape index (κ2) is 6.35. The minimum Gasteiger partial charge on any atom is -0.368 e. The van der Waals surface area contributed by atoms with E-state index in [0.29, 0.717) is 12.5 Å². The fourth-order valence-electron chi connectivity index (χ4n) is 4.18. The Morgan fingerprint density at radius 1 is 1.29 bits per heavy atom. The lowest BCUT2D eigenvalue weighted by atomic mass is 9.90. The lowest BCUT2D eigenvalue weighted by Gasteiger charge is -2.40. The van der Waals surface area contributed by atoms with E-state index in [1.807, 2.05) is 6.07 Å². The van der Waals surface area contributed by atoms with Gasteiger partial charge in [0.1, 0.15) is 5.82 Å². The Morgan fingerprint density at radius 2 is 2.10 bits per heavy atom. The normalized spacial score (nSPS) is 26.7. The Bertz CT molecular complexity index is 488. The van der Waals surface area contributed by atoms with Crippen molar-refractivity contribution in [3.63, 3.8) is 0 Å². The van der Waals surface area contributed by atoms with Crippen LogP contribution in [0.25, 0.3) is 0 Å². The van der Waals surface area contributed by atoms with Gasteiger partial charge >= 0.3 is 0 Å². The molecule has 3 rings (SSSR count). The van der Waals surface area contributed by atoms with Crippen LogP contribution in [0.15, 0.2) is 18.2 Å². The molecule has 2 aliphatic rings. The summed E-state index contributed by atoms with van der Waals surface area (Å²) in [6.07, 6.45) is 8.05. The van der Waals surface area contributed by atoms with E-state index in [9.17, 15) is 4.39 Å². The van der Waals surface area contributed by atoms with Crippen molar-refractivity contribution in [2.24, 2.45) is 11.7 Å². The molecule has 1 saturated carbocycles. The first-order chi connectivity index (χ1) is 10.2. The van der Waals surface area contributed by atoms with Gasteiger partial charge in [-0.05, 0) is 56.6 Å². The average Bonchev–Trinajstić information content (AvgIpc) is 2.97. The number of nitrogens with zero attached hydrogens (tertiary/aromatic N) is 1. The minimum absolute atomic E-state index is 0.0461. The smallest absolute Gasteiger partial charge is 0.128 e. The number of nitrogens with two attached hydrogens (primary N) is 1. The van der Waals surface area contributed by atoms with Gasteiger partial charge in [-0.2, -0.15) is 0 Å². The Balaban J connectivity index is 1.91. The van der Waals surface area contributed by atoms with Gasteiger partial charge in [0, 0.05) is 29.9 Å². The number of anilines is 1. The molecule has 116 valence electrons. The zero-order valence-electron chi connectivity index (χ0n) is 13.0. The van der Waals surface area contributed by atoms with E-state index in [0.717, 1.165) is 30.1 Å². The molecule has 0 amide bonds. The third kappa shape index (κ3) is 2.94. The van der Waals surface area contributed by atoms with Gasteiger partial charge in [0.2, 0.25) is 0 Å². The maximum atomic E-state index is 14.4. The molecule has 2 N–H and O–H groups in total. The highest BCUT2D eigenvalue weighted by Gasteiger charge is 2.36. The van der Waals surface area contributed by atoms with Crippen LogP contribution in [0.3, 0.4) is 0 Å². The minimum atomic E-state index is -0.0866. The SMILES string of the molecule is CCC(N)Cc1c(F)cccc1N1CCCC2CCCC21. The zero-order chi connectivity index (χ0) is 14.8. The second-order valence-electron chi connectivity index (χ2n) is 6.70. The molecular weight excluding hydrogens is 263 g/mol. The summed E-state index contributed by atoms with van der Waals surface area (Å²) in [5.41, 5.74) is 8.03. The van der Waals surface area contributed by atoms with Crippen LogP contribution in [-0.2, 0) is 6.42 Å². The number of hydrogen-bond acceptors (Lipinski definition) is 2. The first kappa shape index (κ1) is 14.8. The summed E-state index contributed by atoms with van der Waals surface area (Å²) in [6.45, 7) is 3.14. The maximum Gasteiger partial charge on any atom is 0.128 e. The molecule has 1 aromatic carbocycles. The van der Waals surface area contributed by atoms with E-state index in [-0.39, 0.29) is 11.9 Å². The van der Waals surface area contributed by atoms with E-state index >= 15 is 0 Å². The Labute approximate surface area is 127 Å². The van der Waals surface area contributed by atoms with Gasteiger partial charge in [-0.15, -0.1) is 0 Å². The summed E-state index contributed by atoms with van der Waals surface area (Å²) in [5.74, 6) is 0.728. The van der Waals surface area contributed by atoms with Crippen LogP contribution in [0, 0.1) is 11.7 Å². The summed E-state index contributed by atoms with van der Waals surface area (Å²) in [6, 6.07) is 6.20. The second-order valence-corrected chi connectivity index (χ2v) is 6.70. The average molecular weight is 290 g/mol. The first-order valence-corrected chi connectivity index (χ1v) is 8.50. The van der Waals surface area contributed by atoms with Gasteiger partial charge in [0.25, 0.3) is 0 Å². The van der Waals surface area contributed by atoms with Crippen LogP contribution in [0.2, 0.25) is 0 Å². The van der Waals surface area contributed by atoms with Crippen molar-refractivity contribution in [1.29, 1.82) is 0 Å². The molecular formula is C18H27FN2. The summed E-state index contributed by atoms with van der Waals surface area (Å²) in [5, 5.41) is 0. The lowest BCUT2D eigenvalue weighted by molar-refractivity contribution is 0.361. The highest BCUT2D eigenvalue weighted by atomic mass is 19.1. The van der Waals surface area contributed by atoms with E-state index in [2.05, 4.69) is 17.9 Å². The van der Waals surface area contributed by atoms with Crippen LogP contribution in [0.4, 0.5) is 10.1 Å². The van der Waals surface area contributed by atoms with Crippen molar-refractivity contribution in [1.82, 2.24) is 0 Å². The molecule has 1 heterocycles. The zero-order valence-corrected chi connectivity index (χ0v) is 13.0. The highest BCUT2D eigenvalue weighted by Crippen LogP contribution is 2.40. The number of halogens is 1. The summed E-state index contributed by atoms with van der Waals surface area (Å²) >= 11 is 0. The van der Waals surface area contributed by atoms with Gasteiger partial charge in [-0.3, -0.25) is 0 Å². The largest absolute Gasteiger partial charge is 0.368 e. The number of piperidine rings is 1. The molecule has 1 aliphatic heterocycles. The van der Waals surface area contributed by atoms with Gasteiger partial charge in [-0.1, -0.05) is 19.4 Å². The third-order valence-corrected chi connectivity index (χ3v) is 5.39. The van der Waals surface area contributed by atoms with Crippen molar-refractivity contribution < 1.29 is 4.39 Å². The first-order valence-electron chi connectivity index (χ1n) is 8.50. The summed E-state index contributed by atoms with van der Waals surface area (Å²) in [4.78, 5) is 2.49. The number of rotatable bonds is 4. The standard InChI is InChI=1S/C18H27FN2/c1-2-14(20)12-15-16(19)8-4-10-18(15)21-11-5-7-13-6-3-9-17(13)21/h4,8,10,13-14,17H,2-3,5-7,9,11-12,20H2,1H3. The van der Waals surface area contributed by atoms with Crippen molar-refractivity contribution in [3.05, 3.63) is 29.6 Å². The molecule has 1 aromatic rings. The Morgan fingerprint density at radius 3 is 2.90 bits per heavy atom. The highest BCUT2D eigenvalue weighted by molar-refractivity contribution is 5.56. The summed E-state index contributed by atoms with van der Waals surface area (Å²) in [7, 11) is 0. The third-order valence-electron chi connectivity index (χ3n) is 5.39. The number of fused-ring (bicyclic) bond motifs is 1. The van der Waals surface area contributed by atoms with Gasteiger partial charge in [0.05, 0.1) is 0 Å². The molecule has 3 atom stereocenters. The van der Waals surface area contributed by atoms with Gasteiger partial charge in [-0.25, -0.2) is 4.39 Å². The van der Waals surface area contributed by atoms with Crippen LogP contribution in [-0.4, -0.2) is 18.6 Å². The predicted molar refractivity (Wildman–Crippen MR) is 86.1 cm³/mol. The van der Waals surface area contributed by atoms with Crippen molar-refractivity contribution in [2.75, 3.05) is 11.4 Å². The molecule has 0 spiro atoms. The monoisotopic (exact) mass is 290 g/mol. The topological polar surface area (TPSA) is 29.3 Å². The molecule has 0 aromatic heterocycles. The lowest BCUT2D eigenvalue weighted by Crippen LogP contribution is -2.43. The van der Waals surface area contributed by atoms with Gasteiger partial charge < -0.3 is 10.6 Å². The van der Waals surface area contributed by atoms with E-state index in [1.165, 1.54) is 32.1 Å². The molecule has 2 nitrogen and oxygen atoms in total. The number of hydrogen-bond donors (Lipinski definition) is 1. The van der Waals surface area contributed by atoms with Crippen molar-refractivity contribution in [2.45, 2.75) is 64.0 Å². The quantitative estimate of drug-likeness (QED) is 0.912. The molecule has 1 saturated heterocycles. The molecule has 3 heteroatoms. The number of benzene rings is 1. The maximum absolute atomic E-state index is 14.4. The van der Waals surface area contributed by atoms with Gasteiger partial charge in [0.15, 0.2) is 0 Å². The van der Waals surface area contributed by atoms with Crippen molar-refractivity contribution in [3.8, 4) is 0 Å². The molecule has 0 radical (unpaired) electrons. The van der Waals surface area contributed by atoms with Crippen LogP contribution in [0.1, 0.15) is 51.0 Å². The van der Waals surface area contributed by atoms with Crippen LogP contribution in [0.5, 0.6) is 0 Å². The predicted octanol–water partition coefficient (Wildman–Crippen LogP) is 3.87. The fourth-order valence-corrected chi connectivity index (χ4v) is 4.18.